The Hall–Kier alpha value is -3.65. The number of alkyl halides is 3. The molecule has 1 saturated heterocycles. The number of rotatable bonds is 3. The molecule has 3 aromatic rings. The average Bonchev–Trinajstić information content (AvgIpc) is 3.14. The molecule has 0 bridgehead atoms. The molecule has 3 heterocycles. The number of aryl methyl sites for hydroxylation is 1. The molecule has 1 aliphatic heterocycles. The molecule has 168 valence electrons. The van der Waals surface area contributed by atoms with Crippen molar-refractivity contribution in [3.8, 4) is 23.2 Å². The van der Waals surface area contributed by atoms with E-state index in [0.29, 0.717) is 17.3 Å². The third-order valence-corrected chi connectivity index (χ3v) is 4.75. The molecule has 0 radical (unpaired) electrons. The third kappa shape index (κ3) is 5.33. The maximum Gasteiger partial charge on any atom is 0.490 e. The van der Waals surface area contributed by atoms with Crippen LogP contribution in [0.25, 0.3) is 22.2 Å². The zero-order valence-corrected chi connectivity index (χ0v) is 17.0. The molecule has 4 rings (SSSR count). The number of aromatic amines is 1. The number of halogens is 3. The van der Waals surface area contributed by atoms with Gasteiger partial charge in [0.25, 0.3) is 0 Å². The van der Waals surface area contributed by atoms with Crippen LogP contribution in [0.15, 0.2) is 30.5 Å². The highest BCUT2D eigenvalue weighted by atomic mass is 19.4. The van der Waals surface area contributed by atoms with E-state index in [1.54, 1.807) is 6.20 Å². The van der Waals surface area contributed by atoms with Crippen molar-refractivity contribution in [1.82, 2.24) is 20.3 Å². The summed E-state index contributed by atoms with van der Waals surface area (Å²) in [5.74, 6) is -2.19. The van der Waals surface area contributed by atoms with Crippen LogP contribution in [0.5, 0.6) is 5.88 Å². The minimum absolute atomic E-state index is 0.135. The molecule has 1 atom stereocenters. The second-order valence-electron chi connectivity index (χ2n) is 7.07. The van der Waals surface area contributed by atoms with Crippen molar-refractivity contribution < 1.29 is 27.8 Å². The summed E-state index contributed by atoms with van der Waals surface area (Å²) in [7, 11) is 0. The Morgan fingerprint density at radius 3 is 2.66 bits per heavy atom. The van der Waals surface area contributed by atoms with E-state index < -0.39 is 12.1 Å². The number of hydrogen-bond acceptors (Lipinski definition) is 6. The van der Waals surface area contributed by atoms with Crippen LogP contribution in [-0.2, 0) is 4.79 Å². The summed E-state index contributed by atoms with van der Waals surface area (Å²) >= 11 is 0. The largest absolute Gasteiger partial charge is 0.490 e. The Morgan fingerprint density at radius 1 is 1.34 bits per heavy atom. The number of carbonyl (C=O) groups is 1. The van der Waals surface area contributed by atoms with E-state index in [9.17, 15) is 18.4 Å². The van der Waals surface area contributed by atoms with Crippen molar-refractivity contribution in [2.75, 3.05) is 13.1 Å². The van der Waals surface area contributed by atoms with Crippen LogP contribution in [0.4, 0.5) is 13.2 Å². The third-order valence-electron chi connectivity index (χ3n) is 4.75. The fraction of sp³-hybridized carbons (Fsp3) is 0.333. The molecule has 11 heteroatoms. The van der Waals surface area contributed by atoms with Gasteiger partial charge in [-0.2, -0.15) is 18.4 Å². The highest BCUT2D eigenvalue weighted by molar-refractivity contribution is 5.97. The van der Waals surface area contributed by atoms with Crippen molar-refractivity contribution in [1.29, 1.82) is 5.26 Å². The Labute approximate surface area is 181 Å². The van der Waals surface area contributed by atoms with Crippen LogP contribution in [0, 0.1) is 18.3 Å². The Kier molecular flexibility index (Phi) is 6.95. The molecule has 0 saturated carbocycles. The Bertz CT molecular complexity index is 1150. The van der Waals surface area contributed by atoms with Gasteiger partial charge in [0.1, 0.15) is 23.6 Å². The fourth-order valence-corrected chi connectivity index (χ4v) is 3.28. The average molecular weight is 447 g/mol. The van der Waals surface area contributed by atoms with Crippen LogP contribution < -0.4 is 10.1 Å². The van der Waals surface area contributed by atoms with E-state index >= 15 is 0 Å². The van der Waals surface area contributed by atoms with E-state index in [1.165, 1.54) is 0 Å². The predicted molar refractivity (Wildman–Crippen MR) is 109 cm³/mol. The van der Waals surface area contributed by atoms with Crippen molar-refractivity contribution in [3.05, 3.63) is 41.9 Å². The molecule has 1 aromatic carbocycles. The van der Waals surface area contributed by atoms with Gasteiger partial charge in [-0.25, -0.2) is 14.8 Å². The lowest BCUT2D eigenvalue weighted by molar-refractivity contribution is -0.192. The summed E-state index contributed by atoms with van der Waals surface area (Å²) in [6.07, 6.45) is -1.13. The number of hydrogen-bond donors (Lipinski definition) is 3. The number of nitriles is 1. The summed E-state index contributed by atoms with van der Waals surface area (Å²) < 4.78 is 37.7. The van der Waals surface area contributed by atoms with Crippen molar-refractivity contribution >= 4 is 16.9 Å². The monoisotopic (exact) mass is 447 g/mol. The van der Waals surface area contributed by atoms with Crippen molar-refractivity contribution in [2.24, 2.45) is 0 Å². The van der Waals surface area contributed by atoms with E-state index in [2.05, 4.69) is 26.3 Å². The lowest BCUT2D eigenvalue weighted by Gasteiger charge is -2.23. The molecule has 0 amide bonds. The number of fused-ring (bicyclic) bond motifs is 1. The summed E-state index contributed by atoms with van der Waals surface area (Å²) in [5.41, 5.74) is 3.62. The number of piperidine rings is 1. The number of carboxylic acids is 1. The second kappa shape index (κ2) is 9.65. The number of aliphatic carboxylic acids is 1. The molecule has 0 aliphatic carbocycles. The summed E-state index contributed by atoms with van der Waals surface area (Å²) in [6.45, 7) is 3.77. The van der Waals surface area contributed by atoms with Crippen LogP contribution >= 0.6 is 0 Å². The van der Waals surface area contributed by atoms with Gasteiger partial charge < -0.3 is 20.1 Å². The first kappa shape index (κ1) is 23.0. The highest BCUT2D eigenvalue weighted by Gasteiger charge is 2.38. The quantitative estimate of drug-likeness (QED) is 0.561. The molecule has 32 heavy (non-hydrogen) atoms. The topological polar surface area (TPSA) is 124 Å². The first-order valence-electron chi connectivity index (χ1n) is 9.73. The highest BCUT2D eigenvalue weighted by Crippen LogP contribution is 2.31. The normalized spacial score (nSPS) is 16.0. The number of nitrogens with one attached hydrogen (secondary N) is 2. The van der Waals surface area contributed by atoms with Gasteiger partial charge in [0, 0.05) is 23.0 Å². The fourth-order valence-electron chi connectivity index (χ4n) is 3.28. The summed E-state index contributed by atoms with van der Waals surface area (Å²) in [4.78, 5) is 21.2. The lowest BCUT2D eigenvalue weighted by Crippen LogP contribution is -2.37. The van der Waals surface area contributed by atoms with Crippen molar-refractivity contribution in [2.45, 2.75) is 32.0 Å². The molecule has 1 unspecified atom stereocenters. The van der Waals surface area contributed by atoms with E-state index in [1.807, 2.05) is 31.2 Å². The maximum atomic E-state index is 10.6. The lowest BCUT2D eigenvalue weighted by atomic mass is 10.1. The number of H-pyrrole nitrogens is 1. The first-order chi connectivity index (χ1) is 15.2. The van der Waals surface area contributed by atoms with E-state index in [-0.39, 0.29) is 6.10 Å². The molecule has 1 fully saturated rings. The number of benzene rings is 1. The van der Waals surface area contributed by atoms with Gasteiger partial charge in [0.15, 0.2) is 0 Å². The van der Waals surface area contributed by atoms with Crippen LogP contribution in [0.2, 0.25) is 0 Å². The molecule has 1 aliphatic rings. The van der Waals surface area contributed by atoms with Crippen molar-refractivity contribution in [3.63, 3.8) is 0 Å². The Morgan fingerprint density at radius 2 is 2.06 bits per heavy atom. The SMILES string of the molecule is Cc1nc(-c2c(C#N)[nH]c3ccccc23)cnc1OC1CCCNC1.O=C(O)C(F)(F)F. The molecular formula is C21H20F3N5O3. The predicted octanol–water partition coefficient (Wildman–Crippen LogP) is 3.57. The molecule has 8 nitrogen and oxygen atoms in total. The number of para-hydroxylation sites is 1. The van der Waals surface area contributed by atoms with Gasteiger partial charge in [0.05, 0.1) is 11.9 Å². The second-order valence-corrected chi connectivity index (χ2v) is 7.07. The molecule has 2 aromatic heterocycles. The van der Waals surface area contributed by atoms with Crippen LogP contribution in [0.1, 0.15) is 24.2 Å². The van der Waals surface area contributed by atoms with Gasteiger partial charge in [-0.3, -0.25) is 0 Å². The number of nitrogens with zero attached hydrogens (tertiary/aromatic N) is 3. The maximum absolute atomic E-state index is 10.6. The molecule has 0 spiro atoms. The summed E-state index contributed by atoms with van der Waals surface area (Å²) in [5, 5.41) is 20.9. The first-order valence-corrected chi connectivity index (χ1v) is 9.73. The summed E-state index contributed by atoms with van der Waals surface area (Å²) in [6, 6.07) is 10.0. The minimum Gasteiger partial charge on any atom is -0.475 e. The zero-order chi connectivity index (χ0) is 23.3. The van der Waals surface area contributed by atoms with E-state index in [4.69, 9.17) is 14.6 Å². The molecular weight excluding hydrogens is 427 g/mol. The van der Waals surface area contributed by atoms with Crippen LogP contribution in [-0.4, -0.2) is 51.4 Å². The standard InChI is InChI=1S/C19H19N5O.C2HF3O2/c1-12-19(25-13-5-4-8-21-10-13)22-11-17(23-12)18-14-6-2-3-7-15(14)24-16(18)9-20;3-2(4,5)1(6)7/h2-3,6-7,11,13,21,24H,4-5,8,10H2,1H3;(H,6,7). The van der Waals surface area contributed by atoms with Gasteiger partial charge in [-0.15, -0.1) is 0 Å². The van der Waals surface area contributed by atoms with Crippen LogP contribution in [0.3, 0.4) is 0 Å². The number of ether oxygens (including phenoxy) is 1. The van der Waals surface area contributed by atoms with Gasteiger partial charge in [-0.05, 0) is 32.4 Å². The Balaban J connectivity index is 0.000000360. The van der Waals surface area contributed by atoms with Gasteiger partial charge in [-0.1, -0.05) is 18.2 Å². The van der Waals surface area contributed by atoms with E-state index in [0.717, 1.165) is 48.1 Å². The smallest absolute Gasteiger partial charge is 0.475 e. The van der Waals surface area contributed by atoms with Gasteiger partial charge >= 0.3 is 12.1 Å². The zero-order valence-electron chi connectivity index (χ0n) is 17.0. The van der Waals surface area contributed by atoms with Gasteiger partial charge in [0.2, 0.25) is 5.88 Å². The number of carboxylic acid groups (broad SMARTS) is 1. The number of aromatic nitrogens is 3. The minimum atomic E-state index is -5.08. The molecule has 3 N–H and O–H groups in total.